The molecule has 1 N–H and O–H groups in total. The number of aromatic nitrogens is 1. The molecule has 104 valence electrons. The summed E-state index contributed by atoms with van der Waals surface area (Å²) in [5, 5.41) is 0.780. The Kier molecular flexibility index (Phi) is 4.94. The van der Waals surface area contributed by atoms with Crippen molar-refractivity contribution in [2.45, 2.75) is 32.6 Å². The minimum atomic E-state index is 0.154. The fraction of sp³-hybridized carbons (Fsp3) is 0.278. The molecular weight excluding hydrogens is 246 g/mol. The predicted octanol–water partition coefficient (Wildman–Crippen LogP) is 4.29. The van der Waals surface area contributed by atoms with Gasteiger partial charge in [-0.25, -0.2) is 0 Å². The van der Waals surface area contributed by atoms with E-state index in [1.807, 2.05) is 37.3 Å². The monoisotopic (exact) mass is 267 g/mol. The summed E-state index contributed by atoms with van der Waals surface area (Å²) in [5.74, 6) is 0. The SMILES string of the molecule is C=C/C=C/CCCCc1[nH]c2ccccc2c(=O)c1C. The minimum Gasteiger partial charge on any atom is -0.358 e. The quantitative estimate of drug-likeness (QED) is 0.614. The number of hydrogen-bond acceptors (Lipinski definition) is 1. The number of para-hydroxylation sites is 1. The molecule has 0 bridgehead atoms. The Bertz CT molecular complexity index is 679. The number of allylic oxidation sites excluding steroid dienone is 3. The van der Waals surface area contributed by atoms with Crippen molar-refractivity contribution in [3.63, 3.8) is 0 Å². The molecule has 2 aromatic rings. The summed E-state index contributed by atoms with van der Waals surface area (Å²) in [6, 6.07) is 7.71. The highest BCUT2D eigenvalue weighted by Gasteiger charge is 2.07. The van der Waals surface area contributed by atoms with Gasteiger partial charge in [0.2, 0.25) is 0 Å². The number of unbranched alkanes of at least 4 members (excludes halogenated alkanes) is 2. The van der Waals surface area contributed by atoms with Gasteiger partial charge >= 0.3 is 0 Å². The lowest BCUT2D eigenvalue weighted by Gasteiger charge is -2.08. The van der Waals surface area contributed by atoms with Crippen LogP contribution in [0.5, 0.6) is 0 Å². The Morgan fingerprint density at radius 3 is 2.85 bits per heavy atom. The van der Waals surface area contributed by atoms with Crippen LogP contribution in [0, 0.1) is 6.92 Å². The van der Waals surface area contributed by atoms with E-state index in [9.17, 15) is 4.79 Å². The number of aromatic amines is 1. The maximum atomic E-state index is 12.3. The summed E-state index contributed by atoms with van der Waals surface area (Å²) in [6.07, 6.45) is 10.1. The summed E-state index contributed by atoms with van der Waals surface area (Å²) in [4.78, 5) is 15.7. The summed E-state index contributed by atoms with van der Waals surface area (Å²) in [7, 11) is 0. The first-order valence-electron chi connectivity index (χ1n) is 7.12. The lowest BCUT2D eigenvalue weighted by Crippen LogP contribution is -2.11. The average Bonchev–Trinajstić information content (AvgIpc) is 2.47. The highest BCUT2D eigenvalue weighted by Crippen LogP contribution is 2.13. The van der Waals surface area contributed by atoms with Crippen molar-refractivity contribution in [3.05, 3.63) is 70.6 Å². The fourth-order valence-electron chi connectivity index (χ4n) is 2.39. The van der Waals surface area contributed by atoms with E-state index in [2.05, 4.69) is 17.6 Å². The lowest BCUT2D eigenvalue weighted by atomic mass is 10.0. The molecule has 2 heteroatoms. The van der Waals surface area contributed by atoms with Crippen LogP contribution in [-0.4, -0.2) is 4.98 Å². The third-order valence-electron chi connectivity index (χ3n) is 3.57. The van der Waals surface area contributed by atoms with Crippen molar-refractivity contribution in [2.24, 2.45) is 0 Å². The molecule has 0 aliphatic rings. The number of H-pyrrole nitrogens is 1. The Morgan fingerprint density at radius 2 is 2.05 bits per heavy atom. The van der Waals surface area contributed by atoms with E-state index >= 15 is 0 Å². The molecule has 1 aromatic carbocycles. The van der Waals surface area contributed by atoms with Crippen LogP contribution in [0.25, 0.3) is 10.9 Å². The number of hydrogen-bond donors (Lipinski definition) is 1. The molecule has 2 rings (SSSR count). The molecule has 0 spiro atoms. The van der Waals surface area contributed by atoms with E-state index in [1.165, 1.54) is 0 Å². The van der Waals surface area contributed by atoms with Gasteiger partial charge in [-0.3, -0.25) is 4.79 Å². The van der Waals surface area contributed by atoms with Gasteiger partial charge in [0, 0.05) is 22.2 Å². The van der Waals surface area contributed by atoms with Crippen molar-refractivity contribution < 1.29 is 0 Å². The molecule has 2 nitrogen and oxygen atoms in total. The van der Waals surface area contributed by atoms with E-state index in [1.54, 1.807) is 6.08 Å². The van der Waals surface area contributed by atoms with Crippen LogP contribution >= 0.6 is 0 Å². The van der Waals surface area contributed by atoms with Gasteiger partial charge in [-0.05, 0) is 44.7 Å². The molecule has 0 aliphatic heterocycles. The second kappa shape index (κ2) is 6.90. The molecule has 20 heavy (non-hydrogen) atoms. The normalized spacial score (nSPS) is 11.2. The first kappa shape index (κ1) is 14.3. The average molecular weight is 267 g/mol. The zero-order valence-corrected chi connectivity index (χ0v) is 12.0. The van der Waals surface area contributed by atoms with Crippen LogP contribution in [0.2, 0.25) is 0 Å². The molecule has 0 aliphatic carbocycles. The van der Waals surface area contributed by atoms with E-state index in [-0.39, 0.29) is 5.43 Å². The van der Waals surface area contributed by atoms with Crippen LogP contribution in [-0.2, 0) is 6.42 Å². The minimum absolute atomic E-state index is 0.154. The maximum absolute atomic E-state index is 12.3. The van der Waals surface area contributed by atoms with Crippen LogP contribution in [0.1, 0.15) is 30.5 Å². The van der Waals surface area contributed by atoms with Gasteiger partial charge in [0.05, 0.1) is 0 Å². The third-order valence-corrected chi connectivity index (χ3v) is 3.57. The largest absolute Gasteiger partial charge is 0.358 e. The number of benzene rings is 1. The summed E-state index contributed by atoms with van der Waals surface area (Å²) >= 11 is 0. The van der Waals surface area contributed by atoms with Gasteiger partial charge in [0.15, 0.2) is 5.43 Å². The van der Waals surface area contributed by atoms with Crippen molar-refractivity contribution in [1.82, 2.24) is 4.98 Å². The number of nitrogens with one attached hydrogen (secondary N) is 1. The summed E-state index contributed by atoms with van der Waals surface area (Å²) < 4.78 is 0. The molecule has 0 saturated carbocycles. The van der Waals surface area contributed by atoms with Crippen molar-refractivity contribution in [2.75, 3.05) is 0 Å². The third kappa shape index (κ3) is 3.27. The van der Waals surface area contributed by atoms with E-state index in [0.29, 0.717) is 0 Å². The first-order chi connectivity index (χ1) is 9.74. The summed E-state index contributed by atoms with van der Waals surface area (Å²) in [6.45, 7) is 5.56. The molecule has 0 unspecified atom stereocenters. The first-order valence-corrected chi connectivity index (χ1v) is 7.12. The molecule has 0 atom stereocenters. The number of aryl methyl sites for hydroxylation is 1. The van der Waals surface area contributed by atoms with Crippen molar-refractivity contribution in [3.8, 4) is 0 Å². The Morgan fingerprint density at radius 1 is 1.25 bits per heavy atom. The predicted molar refractivity (Wildman–Crippen MR) is 86.2 cm³/mol. The molecule has 0 saturated heterocycles. The molecule has 0 fully saturated rings. The fourth-order valence-corrected chi connectivity index (χ4v) is 2.39. The molecule has 0 radical (unpaired) electrons. The van der Waals surface area contributed by atoms with Crippen LogP contribution < -0.4 is 5.43 Å². The summed E-state index contributed by atoms with van der Waals surface area (Å²) in [5.41, 5.74) is 3.01. The zero-order valence-electron chi connectivity index (χ0n) is 12.0. The number of fused-ring (bicyclic) bond motifs is 1. The topological polar surface area (TPSA) is 32.9 Å². The van der Waals surface area contributed by atoms with Gasteiger partial charge < -0.3 is 4.98 Å². The lowest BCUT2D eigenvalue weighted by molar-refractivity contribution is 0.732. The van der Waals surface area contributed by atoms with Gasteiger partial charge in [-0.15, -0.1) is 0 Å². The maximum Gasteiger partial charge on any atom is 0.192 e. The Hall–Kier alpha value is -2.09. The van der Waals surface area contributed by atoms with Crippen LogP contribution in [0.15, 0.2) is 53.9 Å². The Labute approximate surface area is 119 Å². The van der Waals surface area contributed by atoms with Crippen LogP contribution in [0.4, 0.5) is 0 Å². The highest BCUT2D eigenvalue weighted by atomic mass is 16.1. The number of pyridine rings is 1. The zero-order chi connectivity index (χ0) is 14.4. The molecule has 1 heterocycles. The highest BCUT2D eigenvalue weighted by molar-refractivity contribution is 5.79. The van der Waals surface area contributed by atoms with Gasteiger partial charge in [-0.2, -0.15) is 0 Å². The van der Waals surface area contributed by atoms with E-state index in [4.69, 9.17) is 0 Å². The van der Waals surface area contributed by atoms with Gasteiger partial charge in [0.25, 0.3) is 0 Å². The smallest absolute Gasteiger partial charge is 0.192 e. The van der Waals surface area contributed by atoms with Crippen molar-refractivity contribution in [1.29, 1.82) is 0 Å². The molecule has 0 amide bonds. The Balaban J connectivity index is 2.10. The van der Waals surface area contributed by atoms with E-state index < -0.39 is 0 Å². The van der Waals surface area contributed by atoms with Crippen LogP contribution in [0.3, 0.4) is 0 Å². The number of rotatable bonds is 6. The second-order valence-electron chi connectivity index (χ2n) is 5.01. The van der Waals surface area contributed by atoms with Gasteiger partial charge in [-0.1, -0.05) is 36.9 Å². The van der Waals surface area contributed by atoms with E-state index in [0.717, 1.165) is 47.8 Å². The molecular formula is C18H21NO. The second-order valence-corrected chi connectivity index (χ2v) is 5.01. The standard InChI is InChI=1S/C18H21NO/c1-3-4-5-6-7-8-12-16-14(2)18(20)15-11-9-10-13-17(15)19-16/h3-5,9-11,13H,1,6-8,12H2,2H3,(H,19,20)/b5-4+. The molecule has 1 aromatic heterocycles. The van der Waals surface area contributed by atoms with Crippen molar-refractivity contribution >= 4 is 10.9 Å². The van der Waals surface area contributed by atoms with Gasteiger partial charge in [0.1, 0.15) is 0 Å².